The highest BCUT2D eigenvalue weighted by Gasteiger charge is 2.29. The van der Waals surface area contributed by atoms with Crippen molar-refractivity contribution in [1.82, 2.24) is 0 Å². The van der Waals surface area contributed by atoms with E-state index >= 15 is 0 Å². The minimum Gasteiger partial charge on any atom is -0.394 e. The van der Waals surface area contributed by atoms with E-state index in [2.05, 4.69) is 0 Å². The highest BCUT2D eigenvalue weighted by molar-refractivity contribution is 5.56. The molecule has 0 aliphatic heterocycles. The van der Waals surface area contributed by atoms with E-state index in [1.807, 2.05) is 0 Å². The van der Waals surface area contributed by atoms with Gasteiger partial charge in [0.05, 0.1) is 9.35 Å². The maximum absolute atomic E-state index is 10.4. The summed E-state index contributed by atoms with van der Waals surface area (Å²) in [5.74, 6) is 0. The molecule has 0 bridgehead atoms. The van der Waals surface area contributed by atoms with Gasteiger partial charge in [0.25, 0.3) is 0 Å². The van der Waals surface area contributed by atoms with E-state index in [1.165, 1.54) is 0 Å². The second-order valence-electron chi connectivity index (χ2n) is 2.03. The largest absolute Gasteiger partial charge is 0.394 e. The van der Waals surface area contributed by atoms with E-state index in [4.69, 9.17) is 29.6 Å². The summed E-state index contributed by atoms with van der Waals surface area (Å²) in [6.45, 7) is -1.05. The van der Waals surface area contributed by atoms with Crippen LogP contribution in [0.2, 0.25) is 0 Å². The van der Waals surface area contributed by atoms with Crippen LogP contribution in [0, 0.1) is 0 Å². The molecule has 6 heteroatoms. The van der Waals surface area contributed by atoms with Gasteiger partial charge in [-0.1, -0.05) is 0 Å². The fourth-order valence-electron chi connectivity index (χ4n) is 0.474. The number of aldehydes is 1. The Kier molecular flexibility index (Phi) is 2.99. The maximum atomic E-state index is 10.4. The number of rotatable bonds is 5. The molecular formula is C6H12O6. The van der Waals surface area contributed by atoms with Gasteiger partial charge in [-0.15, -0.1) is 0 Å². The van der Waals surface area contributed by atoms with Crippen molar-refractivity contribution in [3.63, 3.8) is 0 Å². The molecule has 6 nitrogen and oxygen atoms in total. The summed E-state index contributed by atoms with van der Waals surface area (Å²) < 4.78 is 20.2. The summed E-state index contributed by atoms with van der Waals surface area (Å²) in [6.07, 6.45) is -13.7. The average molecular weight is 183 g/mol. The molecule has 0 aromatic heterocycles. The third-order valence-electron chi connectivity index (χ3n) is 1.17. The lowest BCUT2D eigenvalue weighted by atomic mass is 10.0. The topological polar surface area (TPSA) is 118 Å². The van der Waals surface area contributed by atoms with E-state index in [0.29, 0.717) is 0 Å². The van der Waals surface area contributed by atoms with Gasteiger partial charge in [-0.05, 0) is 0 Å². The average Bonchev–Trinajstić information content (AvgIpc) is 2.14. The molecule has 5 N–H and O–H groups in total. The van der Waals surface area contributed by atoms with E-state index < -0.39 is 37.2 Å². The Balaban J connectivity index is 5.04. The molecule has 0 aliphatic carbocycles. The Morgan fingerprint density at radius 3 is 2.25 bits per heavy atom. The molecule has 0 radical (unpaired) electrons. The van der Waals surface area contributed by atoms with Crippen molar-refractivity contribution in [2.75, 3.05) is 6.61 Å². The van der Waals surface area contributed by atoms with Crippen LogP contribution in [-0.4, -0.2) is 62.8 Å². The zero-order valence-corrected chi connectivity index (χ0v) is 6.01. The molecule has 0 unspecified atom stereocenters. The number of aliphatic hydroxyl groups is 5. The molecule has 0 fully saturated rings. The highest BCUT2D eigenvalue weighted by Crippen LogP contribution is 2.02. The third-order valence-corrected chi connectivity index (χ3v) is 1.17. The zero-order chi connectivity index (χ0) is 12.4. The van der Waals surface area contributed by atoms with Crippen LogP contribution < -0.4 is 0 Å². The lowest BCUT2D eigenvalue weighted by molar-refractivity contribution is -0.136. The van der Waals surface area contributed by atoms with Gasteiger partial charge in [0.2, 0.25) is 0 Å². The van der Waals surface area contributed by atoms with Crippen LogP contribution in [0.5, 0.6) is 0 Å². The maximum Gasteiger partial charge on any atom is 0.151 e. The second-order valence-corrected chi connectivity index (χ2v) is 2.03. The summed E-state index contributed by atoms with van der Waals surface area (Å²) in [5.41, 5.74) is 0. The Labute approximate surface area is 72.9 Å². The SMILES string of the molecule is [2H]C(=O)[C@@]([2H])(O)[C@@]([2H])(O)[C@H](O)[C@H](O)CO. The van der Waals surface area contributed by atoms with Crippen molar-refractivity contribution in [3.05, 3.63) is 0 Å². The van der Waals surface area contributed by atoms with Gasteiger partial charge in [0.1, 0.15) is 25.7 Å². The summed E-state index contributed by atoms with van der Waals surface area (Å²) >= 11 is 0. The van der Waals surface area contributed by atoms with Crippen LogP contribution in [0.4, 0.5) is 0 Å². The summed E-state index contributed by atoms with van der Waals surface area (Å²) in [7, 11) is 0. The summed E-state index contributed by atoms with van der Waals surface area (Å²) in [6, 6.07) is 0. The van der Waals surface area contributed by atoms with Gasteiger partial charge in [0, 0.05) is 0 Å². The number of hydrogen-bond donors (Lipinski definition) is 5. The van der Waals surface area contributed by atoms with Gasteiger partial charge in [0.15, 0.2) is 6.26 Å². The first-order valence-corrected chi connectivity index (χ1v) is 3.01. The first-order valence-electron chi connectivity index (χ1n) is 4.51. The van der Waals surface area contributed by atoms with E-state index in [0.717, 1.165) is 0 Å². The number of aliphatic hydroxyl groups excluding tert-OH is 3. The fraction of sp³-hybridized carbons (Fsp3) is 0.833. The van der Waals surface area contributed by atoms with Crippen molar-refractivity contribution >= 4 is 6.26 Å². The molecule has 0 heterocycles. The van der Waals surface area contributed by atoms with Crippen LogP contribution in [-0.2, 0) is 4.79 Å². The predicted molar refractivity (Wildman–Crippen MR) is 37.2 cm³/mol. The minimum absolute atomic E-state index is 1.05. The third kappa shape index (κ3) is 2.84. The molecule has 0 saturated carbocycles. The van der Waals surface area contributed by atoms with Crippen molar-refractivity contribution in [2.45, 2.75) is 24.4 Å². The van der Waals surface area contributed by atoms with Crippen LogP contribution in [0.25, 0.3) is 0 Å². The van der Waals surface area contributed by atoms with Crippen molar-refractivity contribution < 1.29 is 34.4 Å². The summed E-state index contributed by atoms with van der Waals surface area (Å²) in [5, 5.41) is 44.4. The number of carbonyl (C=O) groups is 1. The van der Waals surface area contributed by atoms with Gasteiger partial charge < -0.3 is 30.3 Å². The molecule has 0 saturated heterocycles. The Bertz CT molecular complexity index is 243. The quantitative estimate of drug-likeness (QED) is 0.284. The highest BCUT2D eigenvalue weighted by atomic mass is 16.4. The second kappa shape index (κ2) is 5.18. The number of carbonyl (C=O) groups excluding carboxylic acids is 1. The standard InChI is InChI=1S/C6H12O6/c7-1-3(9)5(11)6(12)4(10)2-8/h1,3-6,8-12H,2H2/t3-,4-,5-,6-/m1/s1/i1D,3D,5D. The van der Waals surface area contributed by atoms with Crippen LogP contribution in [0.3, 0.4) is 0 Å². The van der Waals surface area contributed by atoms with Crippen LogP contribution in [0.15, 0.2) is 0 Å². The Morgan fingerprint density at radius 2 is 1.92 bits per heavy atom. The molecule has 0 aromatic rings. The van der Waals surface area contributed by atoms with Gasteiger partial charge in [-0.2, -0.15) is 0 Å². The van der Waals surface area contributed by atoms with Gasteiger partial charge in [-0.25, -0.2) is 0 Å². The minimum atomic E-state index is -3.62. The first-order chi connectivity index (χ1) is 6.59. The molecule has 0 rings (SSSR count). The molecular weight excluding hydrogens is 168 g/mol. The monoisotopic (exact) mass is 183 g/mol. The fourth-order valence-corrected chi connectivity index (χ4v) is 0.474. The molecule has 0 aliphatic rings. The first kappa shape index (κ1) is 6.93. The molecule has 0 aromatic carbocycles. The molecule has 72 valence electrons. The molecule has 12 heavy (non-hydrogen) atoms. The van der Waals surface area contributed by atoms with Gasteiger partial charge >= 0.3 is 0 Å². The summed E-state index contributed by atoms with van der Waals surface area (Å²) in [4.78, 5) is 10.4. The van der Waals surface area contributed by atoms with Crippen molar-refractivity contribution in [2.24, 2.45) is 0 Å². The van der Waals surface area contributed by atoms with Crippen molar-refractivity contribution in [3.8, 4) is 0 Å². The lowest BCUT2D eigenvalue weighted by Crippen LogP contribution is -2.46. The van der Waals surface area contributed by atoms with Gasteiger partial charge in [-0.3, -0.25) is 0 Å². The number of hydrogen-bond acceptors (Lipinski definition) is 6. The molecule has 4 atom stereocenters. The van der Waals surface area contributed by atoms with E-state index in [9.17, 15) is 4.79 Å². The van der Waals surface area contributed by atoms with Crippen LogP contribution >= 0.6 is 0 Å². The Hall–Kier alpha value is -0.530. The predicted octanol–water partition coefficient (Wildman–Crippen LogP) is -3.38. The normalized spacial score (nSPS) is 29.9. The molecule has 0 spiro atoms. The smallest absolute Gasteiger partial charge is 0.151 e. The van der Waals surface area contributed by atoms with E-state index in [-0.39, 0.29) is 0 Å². The molecule has 0 amide bonds. The lowest BCUT2D eigenvalue weighted by Gasteiger charge is -2.22. The Morgan fingerprint density at radius 1 is 1.42 bits per heavy atom. The van der Waals surface area contributed by atoms with Crippen LogP contribution in [0.1, 0.15) is 4.11 Å². The van der Waals surface area contributed by atoms with E-state index in [1.54, 1.807) is 0 Å². The zero-order valence-electron chi connectivity index (χ0n) is 9.01. The van der Waals surface area contributed by atoms with Crippen molar-refractivity contribution in [1.29, 1.82) is 0 Å².